The van der Waals surface area contributed by atoms with Gasteiger partial charge in [-0.2, -0.15) is 0 Å². The summed E-state index contributed by atoms with van der Waals surface area (Å²) >= 11 is 0. The molecule has 0 aliphatic heterocycles. The minimum atomic E-state index is 0.0517. The summed E-state index contributed by atoms with van der Waals surface area (Å²) in [7, 11) is 1.64. The van der Waals surface area contributed by atoms with E-state index in [1.807, 2.05) is 31.2 Å². The molecule has 0 aliphatic rings. The molecule has 0 saturated heterocycles. The highest BCUT2D eigenvalue weighted by Gasteiger charge is 2.10. The first kappa shape index (κ1) is 12.0. The van der Waals surface area contributed by atoms with Crippen LogP contribution in [0.5, 0.6) is 5.75 Å². The van der Waals surface area contributed by atoms with Crippen LogP contribution in [-0.2, 0) is 4.74 Å². The summed E-state index contributed by atoms with van der Waals surface area (Å²) in [5.41, 5.74) is 1.08. The molecule has 0 amide bonds. The van der Waals surface area contributed by atoms with Crippen LogP contribution < -0.4 is 4.74 Å². The molecule has 1 atom stereocenters. The Hall–Kier alpha value is -1.06. The molecule has 0 spiro atoms. The van der Waals surface area contributed by atoms with Crippen molar-refractivity contribution in [2.45, 2.75) is 12.8 Å². The molecule has 1 aromatic carbocycles. The Bertz CT molecular complexity index is 269. The first-order chi connectivity index (χ1) is 7.31. The van der Waals surface area contributed by atoms with Gasteiger partial charge in [0, 0.05) is 12.5 Å². The van der Waals surface area contributed by atoms with E-state index in [9.17, 15) is 5.11 Å². The summed E-state index contributed by atoms with van der Waals surface area (Å²) in [5.74, 6) is 0.878. The standard InChI is InChI=1S/C12H18O3/c1-3-15-9-11(8-13)10-4-6-12(14-2)7-5-10/h4-7,11,13H,3,8-9H2,1-2H3. The average Bonchev–Trinajstić information content (AvgIpc) is 2.31. The van der Waals surface area contributed by atoms with Crippen molar-refractivity contribution in [2.75, 3.05) is 26.9 Å². The number of hydrogen-bond acceptors (Lipinski definition) is 3. The maximum Gasteiger partial charge on any atom is 0.118 e. The molecule has 0 radical (unpaired) electrons. The van der Waals surface area contributed by atoms with Gasteiger partial charge >= 0.3 is 0 Å². The Morgan fingerprint density at radius 3 is 2.40 bits per heavy atom. The quantitative estimate of drug-likeness (QED) is 0.778. The van der Waals surface area contributed by atoms with E-state index in [-0.39, 0.29) is 12.5 Å². The van der Waals surface area contributed by atoms with Gasteiger partial charge in [0.05, 0.1) is 20.3 Å². The molecule has 0 fully saturated rings. The number of aliphatic hydroxyl groups is 1. The number of ether oxygens (including phenoxy) is 2. The van der Waals surface area contributed by atoms with E-state index in [1.165, 1.54) is 0 Å². The Labute approximate surface area is 90.6 Å². The van der Waals surface area contributed by atoms with E-state index in [2.05, 4.69) is 0 Å². The maximum absolute atomic E-state index is 9.22. The number of benzene rings is 1. The second-order valence-electron chi connectivity index (χ2n) is 3.31. The Balaban J connectivity index is 2.65. The molecule has 84 valence electrons. The molecular formula is C12H18O3. The van der Waals surface area contributed by atoms with Crippen LogP contribution in [0, 0.1) is 0 Å². The van der Waals surface area contributed by atoms with Gasteiger partial charge in [-0.25, -0.2) is 0 Å². The molecule has 0 heterocycles. The van der Waals surface area contributed by atoms with Crippen molar-refractivity contribution in [3.05, 3.63) is 29.8 Å². The summed E-state index contributed by atoms with van der Waals surface area (Å²) < 4.78 is 10.4. The van der Waals surface area contributed by atoms with Gasteiger partial charge in [0.25, 0.3) is 0 Å². The highest BCUT2D eigenvalue weighted by molar-refractivity contribution is 5.29. The first-order valence-corrected chi connectivity index (χ1v) is 5.14. The fraction of sp³-hybridized carbons (Fsp3) is 0.500. The lowest BCUT2D eigenvalue weighted by Gasteiger charge is -2.14. The van der Waals surface area contributed by atoms with Crippen LogP contribution in [0.25, 0.3) is 0 Å². The lowest BCUT2D eigenvalue weighted by molar-refractivity contribution is 0.109. The smallest absolute Gasteiger partial charge is 0.118 e. The molecule has 0 aliphatic carbocycles. The second kappa shape index (κ2) is 6.43. The molecule has 0 bridgehead atoms. The van der Waals surface area contributed by atoms with Crippen LogP contribution in [0.4, 0.5) is 0 Å². The van der Waals surface area contributed by atoms with E-state index < -0.39 is 0 Å². The van der Waals surface area contributed by atoms with Crippen LogP contribution >= 0.6 is 0 Å². The summed E-state index contributed by atoms with van der Waals surface area (Å²) in [6, 6.07) is 7.70. The summed E-state index contributed by atoms with van der Waals surface area (Å²) in [6.45, 7) is 3.28. The molecule has 0 aromatic heterocycles. The Morgan fingerprint density at radius 2 is 1.93 bits per heavy atom. The third-order valence-corrected chi connectivity index (χ3v) is 2.33. The zero-order valence-electron chi connectivity index (χ0n) is 9.27. The molecule has 15 heavy (non-hydrogen) atoms. The van der Waals surface area contributed by atoms with Gasteiger partial charge in [-0.1, -0.05) is 12.1 Å². The number of aliphatic hydroxyl groups excluding tert-OH is 1. The fourth-order valence-electron chi connectivity index (χ4n) is 1.39. The number of hydrogen-bond donors (Lipinski definition) is 1. The van der Waals surface area contributed by atoms with E-state index >= 15 is 0 Å². The highest BCUT2D eigenvalue weighted by atomic mass is 16.5. The lowest BCUT2D eigenvalue weighted by Crippen LogP contribution is -2.11. The number of rotatable bonds is 6. The zero-order chi connectivity index (χ0) is 11.1. The van der Waals surface area contributed by atoms with Gasteiger partial charge < -0.3 is 14.6 Å². The van der Waals surface area contributed by atoms with Gasteiger partial charge in [0.15, 0.2) is 0 Å². The average molecular weight is 210 g/mol. The Morgan fingerprint density at radius 1 is 1.27 bits per heavy atom. The van der Waals surface area contributed by atoms with Crippen LogP contribution in [0.3, 0.4) is 0 Å². The van der Waals surface area contributed by atoms with Gasteiger partial charge in [0.1, 0.15) is 5.75 Å². The molecule has 3 heteroatoms. The molecule has 1 unspecified atom stereocenters. The third-order valence-electron chi connectivity index (χ3n) is 2.33. The van der Waals surface area contributed by atoms with Crippen LogP contribution in [0.15, 0.2) is 24.3 Å². The van der Waals surface area contributed by atoms with E-state index in [0.29, 0.717) is 13.2 Å². The lowest BCUT2D eigenvalue weighted by atomic mass is 10.0. The molecule has 0 saturated carbocycles. The molecule has 1 aromatic rings. The van der Waals surface area contributed by atoms with Gasteiger partial charge in [-0.05, 0) is 24.6 Å². The van der Waals surface area contributed by atoms with Crippen molar-refractivity contribution in [1.82, 2.24) is 0 Å². The molecule has 3 nitrogen and oxygen atoms in total. The monoisotopic (exact) mass is 210 g/mol. The van der Waals surface area contributed by atoms with Crippen molar-refractivity contribution in [3.63, 3.8) is 0 Å². The van der Waals surface area contributed by atoms with Crippen LogP contribution in [0.2, 0.25) is 0 Å². The molecule has 1 rings (SSSR count). The summed E-state index contributed by atoms with van der Waals surface area (Å²) in [4.78, 5) is 0. The minimum Gasteiger partial charge on any atom is -0.497 e. The van der Waals surface area contributed by atoms with Crippen LogP contribution in [0.1, 0.15) is 18.4 Å². The van der Waals surface area contributed by atoms with Crippen molar-refractivity contribution >= 4 is 0 Å². The van der Waals surface area contributed by atoms with Crippen molar-refractivity contribution in [3.8, 4) is 5.75 Å². The second-order valence-corrected chi connectivity index (χ2v) is 3.31. The summed E-state index contributed by atoms with van der Waals surface area (Å²) in [6.07, 6.45) is 0. The SMILES string of the molecule is CCOCC(CO)c1ccc(OC)cc1. The third kappa shape index (κ3) is 3.53. The normalized spacial score (nSPS) is 12.5. The topological polar surface area (TPSA) is 38.7 Å². The predicted molar refractivity (Wildman–Crippen MR) is 59.3 cm³/mol. The van der Waals surface area contributed by atoms with E-state index in [0.717, 1.165) is 11.3 Å². The zero-order valence-corrected chi connectivity index (χ0v) is 9.27. The largest absolute Gasteiger partial charge is 0.497 e. The van der Waals surface area contributed by atoms with Gasteiger partial charge in [-0.3, -0.25) is 0 Å². The van der Waals surface area contributed by atoms with Crippen molar-refractivity contribution in [1.29, 1.82) is 0 Å². The van der Waals surface area contributed by atoms with Crippen molar-refractivity contribution < 1.29 is 14.6 Å². The Kier molecular flexibility index (Phi) is 5.15. The van der Waals surface area contributed by atoms with Gasteiger partial charge in [0.2, 0.25) is 0 Å². The minimum absolute atomic E-state index is 0.0517. The summed E-state index contributed by atoms with van der Waals surface area (Å²) in [5, 5.41) is 9.22. The molecule has 1 N–H and O–H groups in total. The molecular weight excluding hydrogens is 192 g/mol. The predicted octanol–water partition coefficient (Wildman–Crippen LogP) is 1.81. The van der Waals surface area contributed by atoms with E-state index in [4.69, 9.17) is 9.47 Å². The van der Waals surface area contributed by atoms with E-state index in [1.54, 1.807) is 7.11 Å². The van der Waals surface area contributed by atoms with Crippen molar-refractivity contribution in [2.24, 2.45) is 0 Å². The highest BCUT2D eigenvalue weighted by Crippen LogP contribution is 2.19. The first-order valence-electron chi connectivity index (χ1n) is 5.14. The van der Waals surface area contributed by atoms with Gasteiger partial charge in [-0.15, -0.1) is 0 Å². The number of methoxy groups -OCH3 is 1. The fourth-order valence-corrected chi connectivity index (χ4v) is 1.39. The maximum atomic E-state index is 9.22. The van der Waals surface area contributed by atoms with Crippen LogP contribution in [-0.4, -0.2) is 32.0 Å².